The van der Waals surface area contributed by atoms with E-state index < -0.39 is 0 Å². The molecule has 2 rings (SSSR count). The number of carbonyl (C=O) groups excluding carboxylic acids is 1. The van der Waals surface area contributed by atoms with Gasteiger partial charge in [-0.3, -0.25) is 4.79 Å². The lowest BCUT2D eigenvalue weighted by atomic mass is 9.95. The third-order valence-electron chi connectivity index (χ3n) is 3.61. The average molecular weight is 258 g/mol. The summed E-state index contributed by atoms with van der Waals surface area (Å²) in [5.74, 6) is 1.03. The van der Waals surface area contributed by atoms with E-state index in [9.17, 15) is 4.79 Å². The highest BCUT2D eigenvalue weighted by Gasteiger charge is 2.23. The molecule has 4 heteroatoms. The molecule has 0 fully saturated rings. The van der Waals surface area contributed by atoms with Gasteiger partial charge in [0, 0.05) is 13.1 Å². The molecule has 1 aromatic carbocycles. The Kier molecular flexibility index (Phi) is 4.06. The number of amides is 1. The van der Waals surface area contributed by atoms with Crippen molar-refractivity contribution >= 4 is 5.91 Å². The molecule has 0 aromatic heterocycles. The maximum atomic E-state index is 11.8. The first-order valence-electron chi connectivity index (χ1n) is 6.47. The monoisotopic (exact) mass is 258 g/mol. The molecule has 1 atom stereocenters. The second kappa shape index (κ2) is 5.75. The van der Waals surface area contributed by atoms with E-state index in [1.807, 2.05) is 12.1 Å². The number of hydrogen-bond donors (Lipinski definition) is 0. The third kappa shape index (κ3) is 2.87. The predicted molar refractivity (Wildman–Crippen MR) is 71.9 cm³/mol. The molecular weight excluding hydrogens is 240 g/mol. The Hall–Kier alpha value is -2.02. The smallest absolute Gasteiger partial charge is 0.236 e. The number of ether oxygens (including phenoxy) is 1. The van der Waals surface area contributed by atoms with Gasteiger partial charge in [-0.05, 0) is 35.6 Å². The minimum atomic E-state index is -0.0749. The summed E-state index contributed by atoms with van der Waals surface area (Å²) in [5, 5.41) is 8.63. The Morgan fingerprint density at radius 2 is 2.37 bits per heavy atom. The SMILES string of the molecule is COc1ccc2c(c1)C(C)CN(C(=O)CC#N)CC2. The number of nitrogens with zero attached hydrogens (tertiary/aromatic N) is 2. The van der Waals surface area contributed by atoms with Crippen LogP contribution in [0.4, 0.5) is 0 Å². The molecule has 1 heterocycles. The Labute approximate surface area is 113 Å². The number of methoxy groups -OCH3 is 1. The van der Waals surface area contributed by atoms with Crippen molar-refractivity contribution < 1.29 is 9.53 Å². The highest BCUT2D eigenvalue weighted by Crippen LogP contribution is 2.28. The molecule has 0 N–H and O–H groups in total. The van der Waals surface area contributed by atoms with Crippen molar-refractivity contribution in [1.29, 1.82) is 5.26 Å². The van der Waals surface area contributed by atoms with Crippen molar-refractivity contribution in [3.8, 4) is 11.8 Å². The van der Waals surface area contributed by atoms with Gasteiger partial charge >= 0.3 is 0 Å². The van der Waals surface area contributed by atoms with E-state index in [0.717, 1.165) is 12.2 Å². The molecule has 1 amide bonds. The van der Waals surface area contributed by atoms with E-state index in [1.54, 1.807) is 12.0 Å². The molecule has 1 aromatic rings. The van der Waals surface area contributed by atoms with Gasteiger partial charge in [0.1, 0.15) is 12.2 Å². The summed E-state index contributed by atoms with van der Waals surface area (Å²) in [4.78, 5) is 13.6. The van der Waals surface area contributed by atoms with Crippen LogP contribution in [-0.4, -0.2) is 31.0 Å². The molecule has 1 aliphatic heterocycles. The van der Waals surface area contributed by atoms with Crippen molar-refractivity contribution in [3.63, 3.8) is 0 Å². The summed E-state index contributed by atoms with van der Waals surface area (Å²) in [6.45, 7) is 3.46. The Balaban J connectivity index is 2.22. The highest BCUT2D eigenvalue weighted by atomic mass is 16.5. The summed E-state index contributed by atoms with van der Waals surface area (Å²) >= 11 is 0. The van der Waals surface area contributed by atoms with Gasteiger partial charge in [-0.2, -0.15) is 5.26 Å². The zero-order chi connectivity index (χ0) is 13.8. The fraction of sp³-hybridized carbons (Fsp3) is 0.467. The van der Waals surface area contributed by atoms with Crippen molar-refractivity contribution in [1.82, 2.24) is 4.90 Å². The van der Waals surface area contributed by atoms with Crippen LogP contribution in [0.2, 0.25) is 0 Å². The van der Waals surface area contributed by atoms with Crippen LogP contribution < -0.4 is 4.74 Å². The summed E-state index contributed by atoms with van der Waals surface area (Å²) in [6, 6.07) is 8.01. The van der Waals surface area contributed by atoms with Gasteiger partial charge in [0.15, 0.2) is 0 Å². The van der Waals surface area contributed by atoms with Crippen molar-refractivity contribution in [3.05, 3.63) is 29.3 Å². The second-order valence-electron chi connectivity index (χ2n) is 4.89. The maximum Gasteiger partial charge on any atom is 0.236 e. The molecule has 0 bridgehead atoms. The maximum absolute atomic E-state index is 11.8. The van der Waals surface area contributed by atoms with Crippen LogP contribution >= 0.6 is 0 Å². The average Bonchev–Trinajstić information content (AvgIpc) is 2.58. The number of rotatable bonds is 2. The number of carbonyl (C=O) groups is 1. The van der Waals surface area contributed by atoms with Crippen LogP contribution in [0.1, 0.15) is 30.4 Å². The number of benzene rings is 1. The van der Waals surface area contributed by atoms with Gasteiger partial charge < -0.3 is 9.64 Å². The largest absolute Gasteiger partial charge is 0.497 e. The minimum Gasteiger partial charge on any atom is -0.497 e. The van der Waals surface area contributed by atoms with E-state index in [1.165, 1.54) is 11.1 Å². The molecule has 19 heavy (non-hydrogen) atoms. The highest BCUT2D eigenvalue weighted by molar-refractivity contribution is 5.78. The fourth-order valence-electron chi connectivity index (χ4n) is 2.57. The first-order valence-corrected chi connectivity index (χ1v) is 6.47. The lowest BCUT2D eigenvalue weighted by Gasteiger charge is -2.22. The molecule has 100 valence electrons. The summed E-state index contributed by atoms with van der Waals surface area (Å²) in [5.41, 5.74) is 2.51. The van der Waals surface area contributed by atoms with E-state index in [4.69, 9.17) is 10.00 Å². The Morgan fingerprint density at radius 1 is 1.58 bits per heavy atom. The molecule has 0 saturated carbocycles. The van der Waals surface area contributed by atoms with Crippen LogP contribution in [0.25, 0.3) is 0 Å². The Bertz CT molecular complexity index is 519. The zero-order valence-electron chi connectivity index (χ0n) is 11.3. The van der Waals surface area contributed by atoms with Crippen molar-refractivity contribution in [2.75, 3.05) is 20.2 Å². The van der Waals surface area contributed by atoms with Crippen LogP contribution in [0.3, 0.4) is 0 Å². The molecule has 0 spiro atoms. The minimum absolute atomic E-state index is 0.0353. The van der Waals surface area contributed by atoms with E-state index in [2.05, 4.69) is 19.1 Å². The van der Waals surface area contributed by atoms with Gasteiger partial charge in [0.2, 0.25) is 5.91 Å². The van der Waals surface area contributed by atoms with Crippen LogP contribution in [0, 0.1) is 11.3 Å². The standard InChI is InChI=1S/C15H18N2O2/c1-11-10-17(15(18)5-7-16)8-6-12-3-4-13(19-2)9-14(11)12/h3-4,9,11H,5-6,8,10H2,1-2H3. The van der Waals surface area contributed by atoms with Crippen LogP contribution in [0.15, 0.2) is 18.2 Å². The zero-order valence-corrected chi connectivity index (χ0v) is 11.3. The summed E-state index contributed by atoms with van der Waals surface area (Å²) < 4.78 is 5.26. The third-order valence-corrected chi connectivity index (χ3v) is 3.61. The van der Waals surface area contributed by atoms with Gasteiger partial charge in [-0.15, -0.1) is 0 Å². The van der Waals surface area contributed by atoms with Crippen molar-refractivity contribution in [2.24, 2.45) is 0 Å². The molecule has 4 nitrogen and oxygen atoms in total. The lowest BCUT2D eigenvalue weighted by molar-refractivity contribution is -0.130. The topological polar surface area (TPSA) is 53.3 Å². The number of fused-ring (bicyclic) bond motifs is 1. The molecule has 1 unspecified atom stereocenters. The number of hydrogen-bond acceptors (Lipinski definition) is 3. The first kappa shape index (κ1) is 13.4. The normalized spacial score (nSPS) is 18.2. The van der Waals surface area contributed by atoms with Gasteiger partial charge in [-0.1, -0.05) is 13.0 Å². The van der Waals surface area contributed by atoms with Gasteiger partial charge in [0.25, 0.3) is 0 Å². The molecule has 0 radical (unpaired) electrons. The second-order valence-corrected chi connectivity index (χ2v) is 4.89. The molecule has 0 aliphatic carbocycles. The van der Waals surface area contributed by atoms with E-state index >= 15 is 0 Å². The van der Waals surface area contributed by atoms with Crippen LogP contribution in [0.5, 0.6) is 5.75 Å². The Morgan fingerprint density at radius 3 is 3.05 bits per heavy atom. The van der Waals surface area contributed by atoms with Gasteiger partial charge in [-0.25, -0.2) is 0 Å². The molecule has 0 saturated heterocycles. The van der Waals surface area contributed by atoms with E-state index in [0.29, 0.717) is 13.1 Å². The van der Waals surface area contributed by atoms with E-state index in [-0.39, 0.29) is 18.2 Å². The van der Waals surface area contributed by atoms with Gasteiger partial charge in [0.05, 0.1) is 13.2 Å². The summed E-state index contributed by atoms with van der Waals surface area (Å²) in [6.07, 6.45) is 0.799. The molecule has 1 aliphatic rings. The fourth-order valence-corrected chi connectivity index (χ4v) is 2.57. The summed E-state index contributed by atoms with van der Waals surface area (Å²) in [7, 11) is 1.66. The van der Waals surface area contributed by atoms with Crippen molar-refractivity contribution in [2.45, 2.75) is 25.7 Å². The first-order chi connectivity index (χ1) is 9.15. The quantitative estimate of drug-likeness (QED) is 0.816. The lowest BCUT2D eigenvalue weighted by Crippen LogP contribution is -2.33. The number of nitriles is 1. The molecular formula is C15H18N2O2. The predicted octanol–water partition coefficient (Wildman–Crippen LogP) is 2.10. The van der Waals surface area contributed by atoms with Crippen LogP contribution in [-0.2, 0) is 11.2 Å².